The molecule has 7 heteroatoms. The van der Waals surface area contributed by atoms with E-state index in [4.69, 9.17) is 0 Å². The normalized spacial score (nSPS) is 26.6. The lowest BCUT2D eigenvalue weighted by molar-refractivity contribution is -0.152. The molecule has 2 saturated heterocycles. The van der Waals surface area contributed by atoms with E-state index in [1.54, 1.807) is 11.8 Å². The molecule has 0 aliphatic carbocycles. The van der Waals surface area contributed by atoms with Crippen LogP contribution in [0, 0.1) is 5.92 Å². The fourth-order valence-electron chi connectivity index (χ4n) is 2.93. The third-order valence-electron chi connectivity index (χ3n) is 4.06. The number of likely N-dealkylation sites (tertiary alicyclic amines) is 1. The molecule has 2 rings (SSSR count). The van der Waals surface area contributed by atoms with E-state index in [-0.39, 0.29) is 30.8 Å². The summed E-state index contributed by atoms with van der Waals surface area (Å²) in [6, 6.07) is -0.582. The molecule has 1 N–H and O–H groups in total. The number of amides is 4. The minimum Gasteiger partial charge on any atom is -0.339 e. The molecule has 21 heavy (non-hydrogen) atoms. The molecule has 0 saturated carbocycles. The highest BCUT2D eigenvalue weighted by Crippen LogP contribution is 2.24. The van der Waals surface area contributed by atoms with Gasteiger partial charge in [-0.15, -0.1) is 0 Å². The van der Waals surface area contributed by atoms with Crippen LogP contribution in [-0.4, -0.2) is 58.6 Å². The van der Waals surface area contributed by atoms with Crippen LogP contribution < -0.4 is 5.32 Å². The van der Waals surface area contributed by atoms with Gasteiger partial charge in [0.1, 0.15) is 12.6 Å². The molecule has 0 aromatic rings. The number of carbonyl (C=O) groups excluding carboxylic acids is 4. The second-order valence-corrected chi connectivity index (χ2v) is 5.84. The SMILES string of the molecule is CCC1C(=O)NC(=O)CN1C(=O)C1CC(=O)N(C(C)C)C1. The highest BCUT2D eigenvalue weighted by molar-refractivity contribution is 6.05. The highest BCUT2D eigenvalue weighted by Gasteiger charge is 2.42. The Labute approximate surface area is 123 Å². The van der Waals surface area contributed by atoms with Crippen molar-refractivity contribution in [2.45, 2.75) is 45.7 Å². The summed E-state index contributed by atoms with van der Waals surface area (Å²) in [5.41, 5.74) is 0. The van der Waals surface area contributed by atoms with Gasteiger partial charge in [-0.2, -0.15) is 0 Å². The Morgan fingerprint density at radius 3 is 2.52 bits per heavy atom. The summed E-state index contributed by atoms with van der Waals surface area (Å²) >= 11 is 0. The predicted octanol–water partition coefficient (Wildman–Crippen LogP) is -0.493. The largest absolute Gasteiger partial charge is 0.339 e. The Morgan fingerprint density at radius 1 is 1.33 bits per heavy atom. The molecule has 0 aromatic heterocycles. The van der Waals surface area contributed by atoms with Gasteiger partial charge in [0.15, 0.2) is 0 Å². The summed E-state index contributed by atoms with van der Waals surface area (Å²) in [7, 11) is 0. The Kier molecular flexibility index (Phi) is 4.29. The molecule has 2 heterocycles. The zero-order chi connectivity index (χ0) is 15.7. The van der Waals surface area contributed by atoms with Gasteiger partial charge in [0.05, 0.1) is 5.92 Å². The summed E-state index contributed by atoms with van der Waals surface area (Å²) in [5, 5.41) is 2.24. The van der Waals surface area contributed by atoms with Crippen molar-refractivity contribution in [3.63, 3.8) is 0 Å². The summed E-state index contributed by atoms with van der Waals surface area (Å²) in [6.45, 7) is 5.84. The fraction of sp³-hybridized carbons (Fsp3) is 0.714. The molecular weight excluding hydrogens is 274 g/mol. The molecule has 0 bridgehead atoms. The fourth-order valence-corrected chi connectivity index (χ4v) is 2.93. The van der Waals surface area contributed by atoms with Gasteiger partial charge in [-0.05, 0) is 20.3 Å². The molecule has 0 radical (unpaired) electrons. The number of carbonyl (C=O) groups is 4. The number of nitrogens with zero attached hydrogens (tertiary/aromatic N) is 2. The number of piperazine rings is 1. The summed E-state index contributed by atoms with van der Waals surface area (Å²) in [5.74, 6) is -1.70. The lowest BCUT2D eigenvalue weighted by atomic mass is 10.0. The van der Waals surface area contributed by atoms with Crippen LogP contribution in [0.15, 0.2) is 0 Å². The van der Waals surface area contributed by atoms with Crippen LogP contribution >= 0.6 is 0 Å². The molecule has 2 aliphatic heterocycles. The molecule has 0 spiro atoms. The van der Waals surface area contributed by atoms with Gasteiger partial charge in [-0.25, -0.2) is 0 Å². The van der Waals surface area contributed by atoms with Crippen molar-refractivity contribution in [2.24, 2.45) is 5.92 Å². The number of hydrogen-bond donors (Lipinski definition) is 1. The highest BCUT2D eigenvalue weighted by atomic mass is 16.2. The van der Waals surface area contributed by atoms with E-state index in [0.29, 0.717) is 13.0 Å². The van der Waals surface area contributed by atoms with Crippen LogP contribution in [0.3, 0.4) is 0 Å². The van der Waals surface area contributed by atoms with Crippen molar-refractivity contribution in [1.82, 2.24) is 15.1 Å². The van der Waals surface area contributed by atoms with E-state index < -0.39 is 23.8 Å². The number of imide groups is 1. The summed E-state index contributed by atoms with van der Waals surface area (Å²) in [6.07, 6.45) is 0.596. The van der Waals surface area contributed by atoms with Crippen LogP contribution in [-0.2, 0) is 19.2 Å². The minimum atomic E-state index is -0.626. The minimum absolute atomic E-state index is 0.0450. The average molecular weight is 295 g/mol. The van der Waals surface area contributed by atoms with Crippen molar-refractivity contribution < 1.29 is 19.2 Å². The first kappa shape index (κ1) is 15.5. The van der Waals surface area contributed by atoms with Gasteiger partial charge in [-0.1, -0.05) is 6.92 Å². The third kappa shape index (κ3) is 2.91. The van der Waals surface area contributed by atoms with Crippen molar-refractivity contribution in [2.75, 3.05) is 13.1 Å². The van der Waals surface area contributed by atoms with E-state index in [2.05, 4.69) is 5.32 Å². The second kappa shape index (κ2) is 5.83. The first-order valence-electron chi connectivity index (χ1n) is 7.28. The maximum Gasteiger partial charge on any atom is 0.249 e. The first-order valence-corrected chi connectivity index (χ1v) is 7.28. The van der Waals surface area contributed by atoms with Crippen molar-refractivity contribution in [3.8, 4) is 0 Å². The van der Waals surface area contributed by atoms with Gasteiger partial charge in [0.25, 0.3) is 0 Å². The smallest absolute Gasteiger partial charge is 0.249 e. The molecule has 2 unspecified atom stereocenters. The van der Waals surface area contributed by atoms with Crippen LogP contribution in [0.4, 0.5) is 0 Å². The number of nitrogens with one attached hydrogen (secondary N) is 1. The number of hydrogen-bond acceptors (Lipinski definition) is 4. The van der Waals surface area contributed by atoms with Gasteiger partial charge < -0.3 is 9.80 Å². The monoisotopic (exact) mass is 295 g/mol. The standard InChI is InChI=1S/C14H21N3O4/c1-4-10-13(20)15-11(18)7-17(10)14(21)9-5-12(19)16(6-9)8(2)3/h8-10H,4-7H2,1-3H3,(H,15,18,20). The topological polar surface area (TPSA) is 86.8 Å². The average Bonchev–Trinajstić information content (AvgIpc) is 2.79. The molecule has 0 aromatic carbocycles. The van der Waals surface area contributed by atoms with Gasteiger partial charge in [0, 0.05) is 19.0 Å². The van der Waals surface area contributed by atoms with Crippen LogP contribution in [0.25, 0.3) is 0 Å². The Balaban J connectivity index is 2.13. The van der Waals surface area contributed by atoms with Crippen molar-refractivity contribution in [1.29, 1.82) is 0 Å². The Morgan fingerprint density at radius 2 is 2.00 bits per heavy atom. The summed E-state index contributed by atoms with van der Waals surface area (Å²) < 4.78 is 0. The van der Waals surface area contributed by atoms with E-state index in [1.165, 1.54) is 4.90 Å². The number of rotatable bonds is 3. The molecule has 2 fully saturated rings. The maximum absolute atomic E-state index is 12.6. The zero-order valence-electron chi connectivity index (χ0n) is 12.6. The van der Waals surface area contributed by atoms with Crippen molar-refractivity contribution >= 4 is 23.6 Å². The Hall–Kier alpha value is -1.92. The molecule has 7 nitrogen and oxygen atoms in total. The third-order valence-corrected chi connectivity index (χ3v) is 4.06. The van der Waals surface area contributed by atoms with Crippen LogP contribution in [0.2, 0.25) is 0 Å². The van der Waals surface area contributed by atoms with E-state index in [0.717, 1.165) is 0 Å². The lowest BCUT2D eigenvalue weighted by Crippen LogP contribution is -2.60. The summed E-state index contributed by atoms with van der Waals surface area (Å²) in [4.78, 5) is 50.8. The van der Waals surface area contributed by atoms with Gasteiger partial charge in [-0.3, -0.25) is 24.5 Å². The molecule has 2 aliphatic rings. The van der Waals surface area contributed by atoms with E-state index >= 15 is 0 Å². The molecule has 116 valence electrons. The van der Waals surface area contributed by atoms with Crippen LogP contribution in [0.1, 0.15) is 33.6 Å². The first-order chi connectivity index (χ1) is 9.85. The molecule has 2 atom stereocenters. The zero-order valence-corrected chi connectivity index (χ0v) is 12.6. The van der Waals surface area contributed by atoms with Gasteiger partial charge in [0.2, 0.25) is 23.6 Å². The van der Waals surface area contributed by atoms with Crippen molar-refractivity contribution in [3.05, 3.63) is 0 Å². The van der Waals surface area contributed by atoms with E-state index in [9.17, 15) is 19.2 Å². The van der Waals surface area contributed by atoms with Gasteiger partial charge >= 0.3 is 0 Å². The quantitative estimate of drug-likeness (QED) is 0.712. The predicted molar refractivity (Wildman–Crippen MR) is 73.9 cm³/mol. The van der Waals surface area contributed by atoms with Crippen LogP contribution in [0.5, 0.6) is 0 Å². The second-order valence-electron chi connectivity index (χ2n) is 5.84. The molecular formula is C14H21N3O4. The molecule has 4 amide bonds. The lowest BCUT2D eigenvalue weighted by Gasteiger charge is -2.35. The van der Waals surface area contributed by atoms with E-state index in [1.807, 2.05) is 13.8 Å². The Bertz CT molecular complexity index is 489. The maximum atomic E-state index is 12.6.